The highest BCUT2D eigenvalue weighted by Gasteiger charge is 2.33. The van der Waals surface area contributed by atoms with Crippen molar-refractivity contribution < 1.29 is 4.74 Å². The van der Waals surface area contributed by atoms with Gasteiger partial charge in [0.15, 0.2) is 0 Å². The molecule has 0 saturated heterocycles. The second kappa shape index (κ2) is 7.25. The molecule has 0 amide bonds. The second-order valence-corrected chi connectivity index (χ2v) is 5.11. The molecule has 0 heterocycles. The summed E-state index contributed by atoms with van der Waals surface area (Å²) in [5.74, 6) is 0. The van der Waals surface area contributed by atoms with Gasteiger partial charge in [0.05, 0.1) is 0 Å². The summed E-state index contributed by atoms with van der Waals surface area (Å²) in [6.07, 6.45) is 9.09. The standard InChI is InChI=1S/C13H28N2O/c1-15(10-7-11-16-2)13(12-14)8-5-3-4-6-9-13/h3-12,14H2,1-2H3. The first-order valence-electron chi connectivity index (χ1n) is 6.65. The number of likely N-dealkylation sites (N-methyl/N-ethyl adjacent to an activating group) is 1. The Balaban J connectivity index is 2.48. The Morgan fingerprint density at radius 3 is 2.31 bits per heavy atom. The minimum atomic E-state index is 0.268. The van der Waals surface area contributed by atoms with Crippen molar-refractivity contribution in [2.45, 2.75) is 50.5 Å². The molecule has 96 valence electrons. The van der Waals surface area contributed by atoms with Crippen LogP contribution in [0, 0.1) is 0 Å². The van der Waals surface area contributed by atoms with Gasteiger partial charge < -0.3 is 10.5 Å². The molecule has 3 nitrogen and oxygen atoms in total. The van der Waals surface area contributed by atoms with Gasteiger partial charge in [0.1, 0.15) is 0 Å². The molecule has 2 N–H and O–H groups in total. The summed E-state index contributed by atoms with van der Waals surface area (Å²) >= 11 is 0. The van der Waals surface area contributed by atoms with E-state index in [1.165, 1.54) is 38.5 Å². The number of methoxy groups -OCH3 is 1. The first-order chi connectivity index (χ1) is 7.75. The lowest BCUT2D eigenvalue weighted by Gasteiger charge is -2.41. The van der Waals surface area contributed by atoms with Crippen LogP contribution in [0.4, 0.5) is 0 Å². The number of hydrogen-bond donors (Lipinski definition) is 1. The van der Waals surface area contributed by atoms with E-state index in [1.54, 1.807) is 7.11 Å². The highest BCUT2D eigenvalue weighted by atomic mass is 16.5. The minimum Gasteiger partial charge on any atom is -0.385 e. The average Bonchev–Trinajstić information content (AvgIpc) is 2.55. The van der Waals surface area contributed by atoms with Gasteiger partial charge in [-0.2, -0.15) is 0 Å². The number of hydrogen-bond acceptors (Lipinski definition) is 3. The van der Waals surface area contributed by atoms with Crippen LogP contribution < -0.4 is 5.73 Å². The van der Waals surface area contributed by atoms with Gasteiger partial charge >= 0.3 is 0 Å². The molecular formula is C13H28N2O. The molecule has 1 aliphatic carbocycles. The first kappa shape index (κ1) is 13.9. The Hall–Kier alpha value is -0.120. The molecule has 0 aromatic carbocycles. The fraction of sp³-hybridized carbons (Fsp3) is 1.00. The van der Waals surface area contributed by atoms with Gasteiger partial charge in [0.25, 0.3) is 0 Å². The van der Waals surface area contributed by atoms with Crippen LogP contribution in [-0.4, -0.2) is 44.3 Å². The third-order valence-electron chi connectivity index (χ3n) is 4.07. The molecule has 0 atom stereocenters. The lowest BCUT2D eigenvalue weighted by atomic mass is 9.88. The van der Waals surface area contributed by atoms with Gasteiger partial charge in [-0.25, -0.2) is 0 Å². The molecule has 0 radical (unpaired) electrons. The lowest BCUT2D eigenvalue weighted by molar-refractivity contribution is 0.0922. The lowest BCUT2D eigenvalue weighted by Crippen LogP contribution is -2.52. The van der Waals surface area contributed by atoms with E-state index in [1.807, 2.05) is 0 Å². The monoisotopic (exact) mass is 228 g/mol. The van der Waals surface area contributed by atoms with Gasteiger partial charge in [-0.1, -0.05) is 25.7 Å². The molecule has 0 aliphatic heterocycles. The van der Waals surface area contributed by atoms with E-state index in [0.717, 1.165) is 26.1 Å². The summed E-state index contributed by atoms with van der Waals surface area (Å²) < 4.78 is 5.11. The number of nitrogens with zero attached hydrogens (tertiary/aromatic N) is 1. The second-order valence-electron chi connectivity index (χ2n) is 5.11. The topological polar surface area (TPSA) is 38.5 Å². The van der Waals surface area contributed by atoms with Crippen molar-refractivity contribution in [3.8, 4) is 0 Å². The van der Waals surface area contributed by atoms with Crippen LogP contribution in [0.3, 0.4) is 0 Å². The maximum atomic E-state index is 6.04. The van der Waals surface area contributed by atoms with E-state index in [-0.39, 0.29) is 5.54 Å². The van der Waals surface area contributed by atoms with Crippen molar-refractivity contribution in [1.82, 2.24) is 4.90 Å². The van der Waals surface area contributed by atoms with Crippen molar-refractivity contribution in [2.75, 3.05) is 33.9 Å². The average molecular weight is 228 g/mol. The highest BCUT2D eigenvalue weighted by Crippen LogP contribution is 2.30. The van der Waals surface area contributed by atoms with Crippen molar-refractivity contribution in [1.29, 1.82) is 0 Å². The Morgan fingerprint density at radius 1 is 1.19 bits per heavy atom. The molecule has 0 aromatic heterocycles. The zero-order chi connectivity index (χ0) is 11.9. The summed E-state index contributed by atoms with van der Waals surface area (Å²) in [5.41, 5.74) is 6.31. The fourth-order valence-corrected chi connectivity index (χ4v) is 2.81. The molecule has 3 heteroatoms. The van der Waals surface area contributed by atoms with Crippen LogP contribution in [-0.2, 0) is 4.74 Å². The minimum absolute atomic E-state index is 0.268. The van der Waals surface area contributed by atoms with E-state index in [2.05, 4.69) is 11.9 Å². The van der Waals surface area contributed by atoms with Crippen molar-refractivity contribution in [3.05, 3.63) is 0 Å². The normalized spacial score (nSPS) is 21.0. The quantitative estimate of drug-likeness (QED) is 0.558. The molecule has 1 aliphatic rings. The van der Waals surface area contributed by atoms with Crippen LogP contribution in [0.25, 0.3) is 0 Å². The number of nitrogens with two attached hydrogens (primary N) is 1. The molecule has 0 bridgehead atoms. The van der Waals surface area contributed by atoms with E-state index >= 15 is 0 Å². The fourth-order valence-electron chi connectivity index (χ4n) is 2.81. The summed E-state index contributed by atoms with van der Waals surface area (Å²) in [6, 6.07) is 0. The Bertz CT molecular complexity index is 177. The van der Waals surface area contributed by atoms with Crippen LogP contribution in [0.5, 0.6) is 0 Å². The van der Waals surface area contributed by atoms with Gasteiger partial charge in [-0.15, -0.1) is 0 Å². The van der Waals surface area contributed by atoms with E-state index in [9.17, 15) is 0 Å². The third-order valence-corrected chi connectivity index (χ3v) is 4.07. The van der Waals surface area contributed by atoms with Crippen LogP contribution >= 0.6 is 0 Å². The van der Waals surface area contributed by atoms with Crippen molar-refractivity contribution in [2.24, 2.45) is 5.73 Å². The van der Waals surface area contributed by atoms with Gasteiger partial charge in [0, 0.05) is 32.3 Å². The molecule has 1 rings (SSSR count). The molecule has 1 saturated carbocycles. The highest BCUT2D eigenvalue weighted by molar-refractivity contribution is 4.91. The van der Waals surface area contributed by atoms with Crippen molar-refractivity contribution >= 4 is 0 Å². The SMILES string of the molecule is COCCCN(C)C1(CN)CCCCCC1. The summed E-state index contributed by atoms with van der Waals surface area (Å²) in [4.78, 5) is 2.48. The smallest absolute Gasteiger partial charge is 0.0474 e. The molecule has 1 fully saturated rings. The maximum Gasteiger partial charge on any atom is 0.0474 e. The third kappa shape index (κ3) is 3.72. The molecule has 0 spiro atoms. The molecule has 0 unspecified atom stereocenters. The summed E-state index contributed by atoms with van der Waals surface area (Å²) in [7, 11) is 4.00. The Morgan fingerprint density at radius 2 is 1.81 bits per heavy atom. The first-order valence-corrected chi connectivity index (χ1v) is 6.65. The molecular weight excluding hydrogens is 200 g/mol. The predicted molar refractivity (Wildman–Crippen MR) is 68.6 cm³/mol. The molecule has 16 heavy (non-hydrogen) atoms. The van der Waals surface area contributed by atoms with Gasteiger partial charge in [0.2, 0.25) is 0 Å². The van der Waals surface area contributed by atoms with Crippen LogP contribution in [0.1, 0.15) is 44.9 Å². The summed E-state index contributed by atoms with van der Waals surface area (Å²) in [6.45, 7) is 2.76. The van der Waals surface area contributed by atoms with E-state index < -0.39 is 0 Å². The van der Waals surface area contributed by atoms with Crippen LogP contribution in [0.2, 0.25) is 0 Å². The number of ether oxygens (including phenoxy) is 1. The largest absolute Gasteiger partial charge is 0.385 e. The Labute approximate surface area is 100 Å². The van der Waals surface area contributed by atoms with Gasteiger partial charge in [-0.3, -0.25) is 4.90 Å². The van der Waals surface area contributed by atoms with E-state index in [4.69, 9.17) is 10.5 Å². The van der Waals surface area contributed by atoms with Gasteiger partial charge in [-0.05, 0) is 26.3 Å². The summed E-state index contributed by atoms with van der Waals surface area (Å²) in [5, 5.41) is 0. The zero-order valence-electron chi connectivity index (χ0n) is 11.0. The van der Waals surface area contributed by atoms with Crippen LogP contribution in [0.15, 0.2) is 0 Å². The Kier molecular flexibility index (Phi) is 6.32. The molecule has 0 aromatic rings. The van der Waals surface area contributed by atoms with Crippen molar-refractivity contribution in [3.63, 3.8) is 0 Å². The predicted octanol–water partition coefficient (Wildman–Crippen LogP) is 2.01. The van der Waals surface area contributed by atoms with E-state index in [0.29, 0.717) is 0 Å². The zero-order valence-corrected chi connectivity index (χ0v) is 11.0. The number of rotatable bonds is 6. The maximum absolute atomic E-state index is 6.04.